The van der Waals surface area contributed by atoms with Crippen molar-refractivity contribution in [2.24, 2.45) is 0 Å². The molecule has 38 heavy (non-hydrogen) atoms. The lowest BCUT2D eigenvalue weighted by atomic mass is 10.1. The highest BCUT2D eigenvalue weighted by molar-refractivity contribution is 8.00. The Morgan fingerprint density at radius 2 is 1.68 bits per heavy atom. The molecule has 192 valence electrons. The van der Waals surface area contributed by atoms with Crippen molar-refractivity contribution in [1.82, 2.24) is 5.32 Å². The van der Waals surface area contributed by atoms with Gasteiger partial charge in [-0.3, -0.25) is 14.4 Å². The molecule has 0 saturated carbocycles. The van der Waals surface area contributed by atoms with Gasteiger partial charge in [0.05, 0.1) is 12.4 Å². The van der Waals surface area contributed by atoms with E-state index in [-0.39, 0.29) is 23.1 Å². The van der Waals surface area contributed by atoms with Crippen molar-refractivity contribution < 1.29 is 19.1 Å². The zero-order valence-electron chi connectivity index (χ0n) is 20.7. The van der Waals surface area contributed by atoms with E-state index in [2.05, 4.69) is 10.6 Å². The Kier molecular flexibility index (Phi) is 9.50. The molecule has 0 aliphatic heterocycles. The highest BCUT2D eigenvalue weighted by Gasteiger charge is 2.16. The van der Waals surface area contributed by atoms with Crippen molar-refractivity contribution in [3.05, 3.63) is 118 Å². The molecule has 4 rings (SSSR count). The summed E-state index contributed by atoms with van der Waals surface area (Å²) in [4.78, 5) is 40.2. The molecule has 0 spiro atoms. The van der Waals surface area contributed by atoms with E-state index < -0.39 is 5.91 Å². The van der Waals surface area contributed by atoms with Crippen molar-refractivity contribution in [2.75, 3.05) is 17.7 Å². The Labute approximate surface area is 229 Å². The number of ether oxygens (including phenoxy) is 1. The van der Waals surface area contributed by atoms with Crippen LogP contribution in [-0.2, 0) is 4.79 Å². The van der Waals surface area contributed by atoms with Gasteiger partial charge in [0, 0.05) is 26.6 Å². The third-order valence-electron chi connectivity index (χ3n) is 5.31. The van der Waals surface area contributed by atoms with E-state index in [1.807, 2.05) is 42.6 Å². The van der Waals surface area contributed by atoms with Crippen LogP contribution >= 0.6 is 23.1 Å². The lowest BCUT2D eigenvalue weighted by Gasteiger charge is -2.12. The lowest BCUT2D eigenvalue weighted by Crippen LogP contribution is -2.30. The van der Waals surface area contributed by atoms with Crippen LogP contribution in [0, 0.1) is 0 Å². The maximum Gasteiger partial charge on any atom is 0.272 e. The summed E-state index contributed by atoms with van der Waals surface area (Å²) < 4.78 is 5.43. The minimum Gasteiger partial charge on any atom is -0.494 e. The maximum atomic E-state index is 13.2. The van der Waals surface area contributed by atoms with Gasteiger partial charge in [-0.1, -0.05) is 30.3 Å². The van der Waals surface area contributed by atoms with Crippen LogP contribution in [0.15, 0.2) is 107 Å². The Balaban J connectivity index is 1.42. The molecule has 1 heterocycles. The maximum absolute atomic E-state index is 13.2. The Bertz CT molecular complexity index is 1420. The number of benzene rings is 3. The molecule has 4 aromatic rings. The molecule has 0 unspecified atom stereocenters. The second kappa shape index (κ2) is 13.4. The number of rotatable bonds is 11. The second-order valence-electron chi connectivity index (χ2n) is 8.04. The highest BCUT2D eigenvalue weighted by Crippen LogP contribution is 2.24. The molecule has 0 radical (unpaired) electrons. The average molecular weight is 543 g/mol. The summed E-state index contributed by atoms with van der Waals surface area (Å²) in [6, 6.07) is 26.8. The molecule has 0 saturated heterocycles. The summed E-state index contributed by atoms with van der Waals surface area (Å²) in [7, 11) is 0. The fraction of sp³-hybridized carbons (Fsp3) is 0.100. The smallest absolute Gasteiger partial charge is 0.272 e. The predicted octanol–water partition coefficient (Wildman–Crippen LogP) is 6.53. The van der Waals surface area contributed by atoms with Gasteiger partial charge in [0.15, 0.2) is 5.78 Å². The number of carbonyl (C=O) groups excluding carboxylic acids is 3. The van der Waals surface area contributed by atoms with Gasteiger partial charge in [0.1, 0.15) is 11.4 Å². The van der Waals surface area contributed by atoms with Gasteiger partial charge in [-0.2, -0.15) is 0 Å². The molecule has 0 bridgehead atoms. The number of amides is 2. The van der Waals surface area contributed by atoms with E-state index in [9.17, 15) is 14.4 Å². The summed E-state index contributed by atoms with van der Waals surface area (Å²) in [5.74, 6) is 0.156. The fourth-order valence-corrected chi connectivity index (χ4v) is 4.96. The van der Waals surface area contributed by atoms with Gasteiger partial charge >= 0.3 is 0 Å². The molecule has 1 aromatic heterocycles. The molecule has 3 aromatic carbocycles. The van der Waals surface area contributed by atoms with Gasteiger partial charge in [-0.25, -0.2) is 0 Å². The standard InChI is InChI=1S/C30H26N2O4S2/c1-2-36-24-15-13-21(14-16-24)28(33)20-38-25-11-6-10-23(18-25)31-30(35)27(19-26-12-7-17-37-26)32-29(34)22-8-4-3-5-9-22/h3-19H,2,20H2,1H3,(H,31,35)(H,32,34)/b27-19-. The zero-order valence-corrected chi connectivity index (χ0v) is 22.3. The predicted molar refractivity (Wildman–Crippen MR) is 154 cm³/mol. The zero-order chi connectivity index (χ0) is 26.7. The van der Waals surface area contributed by atoms with Crippen LogP contribution in [0.5, 0.6) is 5.75 Å². The average Bonchev–Trinajstić information content (AvgIpc) is 3.46. The number of anilines is 1. The van der Waals surface area contributed by atoms with Gasteiger partial charge in [-0.15, -0.1) is 23.1 Å². The third kappa shape index (κ3) is 7.68. The normalized spacial score (nSPS) is 11.0. The largest absolute Gasteiger partial charge is 0.494 e. The molecular weight excluding hydrogens is 516 g/mol. The van der Waals surface area contributed by atoms with Crippen LogP contribution in [0.1, 0.15) is 32.5 Å². The number of nitrogens with one attached hydrogen (secondary N) is 2. The topological polar surface area (TPSA) is 84.5 Å². The molecule has 6 nitrogen and oxygen atoms in total. The Morgan fingerprint density at radius 3 is 2.39 bits per heavy atom. The molecule has 0 fully saturated rings. The van der Waals surface area contributed by atoms with E-state index in [0.29, 0.717) is 23.4 Å². The van der Waals surface area contributed by atoms with E-state index in [4.69, 9.17) is 4.74 Å². The first-order valence-corrected chi connectivity index (χ1v) is 13.8. The van der Waals surface area contributed by atoms with Crippen molar-refractivity contribution in [3.8, 4) is 5.75 Å². The monoisotopic (exact) mass is 542 g/mol. The highest BCUT2D eigenvalue weighted by atomic mass is 32.2. The van der Waals surface area contributed by atoms with Crippen LogP contribution < -0.4 is 15.4 Å². The van der Waals surface area contributed by atoms with Gasteiger partial charge in [0.25, 0.3) is 11.8 Å². The first-order valence-electron chi connectivity index (χ1n) is 11.9. The molecule has 2 amide bonds. The fourth-order valence-electron chi connectivity index (χ4n) is 3.46. The minimum atomic E-state index is -0.449. The lowest BCUT2D eigenvalue weighted by molar-refractivity contribution is -0.113. The van der Waals surface area contributed by atoms with Gasteiger partial charge in [-0.05, 0) is 79.0 Å². The van der Waals surface area contributed by atoms with Crippen LogP contribution in [0.2, 0.25) is 0 Å². The number of hydrogen-bond donors (Lipinski definition) is 2. The molecule has 2 N–H and O–H groups in total. The van der Waals surface area contributed by atoms with Crippen molar-refractivity contribution >= 4 is 52.5 Å². The van der Waals surface area contributed by atoms with Gasteiger partial charge < -0.3 is 15.4 Å². The summed E-state index contributed by atoms with van der Waals surface area (Å²) in [5.41, 5.74) is 1.75. The van der Waals surface area contributed by atoms with Crippen molar-refractivity contribution in [3.63, 3.8) is 0 Å². The number of ketones is 1. The number of hydrogen-bond acceptors (Lipinski definition) is 6. The van der Waals surface area contributed by atoms with Crippen LogP contribution in [-0.4, -0.2) is 30.0 Å². The van der Waals surface area contributed by atoms with Crippen molar-refractivity contribution in [2.45, 2.75) is 11.8 Å². The first-order chi connectivity index (χ1) is 18.5. The summed E-state index contributed by atoms with van der Waals surface area (Å²) in [5, 5.41) is 7.49. The molecule has 8 heteroatoms. The first kappa shape index (κ1) is 26.9. The quantitative estimate of drug-likeness (QED) is 0.128. The van der Waals surface area contributed by atoms with Crippen LogP contribution in [0.3, 0.4) is 0 Å². The van der Waals surface area contributed by atoms with E-state index in [1.54, 1.807) is 66.7 Å². The van der Waals surface area contributed by atoms with Crippen LogP contribution in [0.4, 0.5) is 5.69 Å². The Hall–Kier alpha value is -4.14. The van der Waals surface area contributed by atoms with E-state index in [0.717, 1.165) is 15.5 Å². The third-order valence-corrected chi connectivity index (χ3v) is 7.12. The molecule has 0 atom stereocenters. The van der Waals surface area contributed by atoms with Gasteiger partial charge in [0.2, 0.25) is 0 Å². The molecule has 0 aliphatic carbocycles. The van der Waals surface area contributed by atoms with E-state index in [1.165, 1.54) is 23.1 Å². The van der Waals surface area contributed by atoms with Crippen LogP contribution in [0.25, 0.3) is 6.08 Å². The number of Topliss-reactive ketones (excluding diaryl/α,β-unsaturated/α-hetero) is 1. The second-order valence-corrected chi connectivity index (χ2v) is 10.1. The van der Waals surface area contributed by atoms with E-state index >= 15 is 0 Å². The van der Waals surface area contributed by atoms with Crippen molar-refractivity contribution in [1.29, 1.82) is 0 Å². The number of thioether (sulfide) groups is 1. The number of carbonyl (C=O) groups is 3. The minimum absolute atomic E-state index is 0.00252. The molecular formula is C30H26N2O4S2. The molecule has 0 aliphatic rings. The Morgan fingerprint density at radius 1 is 0.895 bits per heavy atom. The summed E-state index contributed by atoms with van der Waals surface area (Å²) in [6.45, 7) is 2.48. The number of thiophene rings is 1. The summed E-state index contributed by atoms with van der Waals surface area (Å²) >= 11 is 2.85. The SMILES string of the molecule is CCOc1ccc(C(=O)CSc2cccc(NC(=O)/C(=C/c3cccs3)NC(=O)c3ccccc3)c2)cc1. The summed E-state index contributed by atoms with van der Waals surface area (Å²) in [6.07, 6.45) is 1.65.